The molecule has 0 aliphatic carbocycles. The van der Waals surface area contributed by atoms with Crippen molar-refractivity contribution in [1.82, 2.24) is 0 Å². The van der Waals surface area contributed by atoms with Gasteiger partial charge in [-0.1, -0.05) is 18.5 Å². The maximum absolute atomic E-state index is 12.5. The Morgan fingerprint density at radius 3 is 2.56 bits per heavy atom. The normalized spacial score (nSPS) is 13.2. The summed E-state index contributed by atoms with van der Waals surface area (Å²) < 4.78 is 37.5. The second-order valence-corrected chi connectivity index (χ2v) is 4.17. The van der Waals surface area contributed by atoms with Crippen molar-refractivity contribution in [2.24, 2.45) is 5.73 Å². The highest BCUT2D eigenvalue weighted by molar-refractivity contribution is 6.31. The Hall–Kier alpha value is -1.27. The lowest BCUT2D eigenvalue weighted by atomic mass is 10.1. The van der Waals surface area contributed by atoms with Crippen molar-refractivity contribution in [2.75, 3.05) is 5.32 Å². The summed E-state index contributed by atoms with van der Waals surface area (Å²) in [5, 5.41) is 2.19. The number of halogens is 4. The van der Waals surface area contributed by atoms with Crippen LogP contribution in [0.1, 0.15) is 18.9 Å². The summed E-state index contributed by atoms with van der Waals surface area (Å²) in [5.74, 6) is -0.548. The minimum atomic E-state index is -4.52. The highest BCUT2D eigenvalue weighted by Gasteiger charge is 2.31. The predicted octanol–water partition coefficient (Wildman–Crippen LogP) is 3.03. The number of amides is 1. The largest absolute Gasteiger partial charge is 0.416 e. The summed E-state index contributed by atoms with van der Waals surface area (Å²) in [6.45, 7) is 1.70. The van der Waals surface area contributed by atoms with E-state index in [0.29, 0.717) is 6.42 Å². The lowest BCUT2D eigenvalue weighted by molar-refractivity contribution is -0.137. The lowest BCUT2D eigenvalue weighted by Gasteiger charge is -2.13. The van der Waals surface area contributed by atoms with Crippen LogP contribution in [0.3, 0.4) is 0 Å². The van der Waals surface area contributed by atoms with Crippen LogP contribution in [0, 0.1) is 0 Å². The minimum absolute atomic E-state index is 0.0243. The summed E-state index contributed by atoms with van der Waals surface area (Å²) in [7, 11) is 0. The second kappa shape index (κ2) is 5.58. The maximum Gasteiger partial charge on any atom is 0.416 e. The zero-order valence-electron chi connectivity index (χ0n) is 9.51. The Morgan fingerprint density at radius 1 is 1.44 bits per heavy atom. The number of nitrogens with two attached hydrogens (primary N) is 1. The molecule has 1 rings (SSSR count). The molecule has 0 aromatic heterocycles. The molecule has 0 radical (unpaired) electrons. The van der Waals surface area contributed by atoms with Crippen LogP contribution in [0.4, 0.5) is 18.9 Å². The third-order valence-corrected chi connectivity index (χ3v) is 2.49. The number of anilines is 1. The van der Waals surface area contributed by atoms with E-state index in [9.17, 15) is 18.0 Å². The molecule has 7 heteroatoms. The minimum Gasteiger partial charge on any atom is -0.325 e. The van der Waals surface area contributed by atoms with Crippen LogP contribution in [0.15, 0.2) is 18.2 Å². The summed E-state index contributed by atoms with van der Waals surface area (Å²) in [5.41, 5.74) is 4.51. The van der Waals surface area contributed by atoms with Gasteiger partial charge >= 0.3 is 6.18 Å². The van der Waals surface area contributed by atoms with Gasteiger partial charge in [0.25, 0.3) is 0 Å². The van der Waals surface area contributed by atoms with Crippen LogP contribution < -0.4 is 11.1 Å². The first-order chi connectivity index (χ1) is 8.24. The van der Waals surface area contributed by atoms with Gasteiger partial charge < -0.3 is 11.1 Å². The van der Waals surface area contributed by atoms with Gasteiger partial charge in [-0.25, -0.2) is 0 Å². The zero-order chi connectivity index (χ0) is 13.9. The van der Waals surface area contributed by atoms with E-state index in [1.165, 1.54) is 6.07 Å². The fraction of sp³-hybridized carbons (Fsp3) is 0.364. The Morgan fingerprint density at radius 2 is 2.06 bits per heavy atom. The molecular weight excluding hydrogens is 269 g/mol. The van der Waals surface area contributed by atoms with Crippen molar-refractivity contribution < 1.29 is 18.0 Å². The van der Waals surface area contributed by atoms with Gasteiger partial charge in [0.1, 0.15) is 0 Å². The van der Waals surface area contributed by atoms with E-state index < -0.39 is 23.7 Å². The second-order valence-electron chi connectivity index (χ2n) is 3.73. The van der Waals surface area contributed by atoms with Crippen LogP contribution in [-0.2, 0) is 11.0 Å². The van der Waals surface area contributed by atoms with E-state index >= 15 is 0 Å². The van der Waals surface area contributed by atoms with Gasteiger partial charge in [0.05, 0.1) is 11.6 Å². The number of benzene rings is 1. The molecule has 18 heavy (non-hydrogen) atoms. The van der Waals surface area contributed by atoms with Gasteiger partial charge in [-0.15, -0.1) is 0 Å². The van der Waals surface area contributed by atoms with Crippen LogP contribution in [0.5, 0.6) is 0 Å². The van der Waals surface area contributed by atoms with Crippen molar-refractivity contribution in [3.05, 3.63) is 28.8 Å². The fourth-order valence-corrected chi connectivity index (χ4v) is 1.48. The molecule has 1 aromatic carbocycles. The molecule has 0 aliphatic rings. The molecule has 1 aromatic rings. The molecule has 0 aliphatic heterocycles. The summed E-state index contributed by atoms with van der Waals surface area (Å²) in [4.78, 5) is 11.5. The van der Waals surface area contributed by atoms with Crippen LogP contribution in [0.25, 0.3) is 0 Å². The van der Waals surface area contributed by atoms with Crippen molar-refractivity contribution >= 4 is 23.2 Å². The lowest BCUT2D eigenvalue weighted by Crippen LogP contribution is -2.34. The van der Waals surface area contributed by atoms with E-state index in [2.05, 4.69) is 5.32 Å². The van der Waals surface area contributed by atoms with Crippen molar-refractivity contribution in [2.45, 2.75) is 25.6 Å². The molecule has 0 heterocycles. The van der Waals surface area contributed by atoms with Gasteiger partial charge in [0.2, 0.25) is 5.91 Å². The number of carbonyl (C=O) groups excluding carboxylic acids is 1. The predicted molar refractivity (Wildman–Crippen MR) is 63.4 cm³/mol. The van der Waals surface area contributed by atoms with E-state index in [-0.39, 0.29) is 10.7 Å². The average Bonchev–Trinajstić information content (AvgIpc) is 2.25. The molecule has 3 N–H and O–H groups in total. The highest BCUT2D eigenvalue weighted by atomic mass is 35.5. The number of hydrogen-bond acceptors (Lipinski definition) is 2. The quantitative estimate of drug-likeness (QED) is 0.894. The topological polar surface area (TPSA) is 55.1 Å². The van der Waals surface area contributed by atoms with E-state index in [1.54, 1.807) is 6.92 Å². The third-order valence-electron chi connectivity index (χ3n) is 2.27. The molecule has 100 valence electrons. The Kier molecular flexibility index (Phi) is 4.59. The van der Waals surface area contributed by atoms with Crippen molar-refractivity contribution in [1.29, 1.82) is 0 Å². The molecule has 0 saturated carbocycles. The molecule has 0 bridgehead atoms. The Labute approximate surface area is 107 Å². The molecule has 0 spiro atoms. The van der Waals surface area contributed by atoms with Gasteiger partial charge in [-0.3, -0.25) is 4.79 Å². The Bertz CT molecular complexity index is 448. The molecule has 0 saturated heterocycles. The van der Waals surface area contributed by atoms with Gasteiger partial charge in [0, 0.05) is 10.7 Å². The standard InChI is InChI=1S/C11H12ClF3N2O/c1-2-9(16)10(18)17-8-4-6(11(13,14)15)3-7(12)5-8/h3-5,9H,2,16H2,1H3,(H,17,18). The van der Waals surface area contributed by atoms with Gasteiger partial charge in [-0.2, -0.15) is 13.2 Å². The fourth-order valence-electron chi connectivity index (χ4n) is 1.25. The highest BCUT2D eigenvalue weighted by Crippen LogP contribution is 2.33. The van der Waals surface area contributed by atoms with Crippen molar-refractivity contribution in [3.8, 4) is 0 Å². The van der Waals surface area contributed by atoms with Crippen molar-refractivity contribution in [3.63, 3.8) is 0 Å². The van der Waals surface area contributed by atoms with Crippen LogP contribution >= 0.6 is 11.6 Å². The van der Waals surface area contributed by atoms with E-state index in [4.69, 9.17) is 17.3 Å². The van der Waals surface area contributed by atoms with Crippen LogP contribution in [-0.4, -0.2) is 11.9 Å². The molecule has 0 fully saturated rings. The SMILES string of the molecule is CCC(N)C(=O)Nc1cc(Cl)cc(C(F)(F)F)c1. The first-order valence-electron chi connectivity index (χ1n) is 5.18. The average molecular weight is 281 g/mol. The number of hydrogen-bond donors (Lipinski definition) is 2. The molecule has 1 unspecified atom stereocenters. The first-order valence-corrected chi connectivity index (χ1v) is 5.56. The van der Waals surface area contributed by atoms with E-state index in [0.717, 1.165) is 12.1 Å². The molecule has 3 nitrogen and oxygen atoms in total. The maximum atomic E-state index is 12.5. The Balaban J connectivity index is 2.97. The molecular formula is C11H12ClF3N2O. The summed E-state index contributed by atoms with van der Waals surface area (Å²) in [6, 6.07) is 2.07. The number of nitrogens with one attached hydrogen (secondary N) is 1. The monoisotopic (exact) mass is 280 g/mol. The van der Waals surface area contributed by atoms with Gasteiger partial charge in [-0.05, 0) is 24.6 Å². The summed E-state index contributed by atoms with van der Waals surface area (Å²) in [6.07, 6.45) is -4.13. The number of rotatable bonds is 3. The smallest absolute Gasteiger partial charge is 0.325 e. The van der Waals surface area contributed by atoms with E-state index in [1.807, 2.05) is 0 Å². The van der Waals surface area contributed by atoms with Gasteiger partial charge in [0.15, 0.2) is 0 Å². The zero-order valence-corrected chi connectivity index (χ0v) is 10.3. The van der Waals surface area contributed by atoms with Crippen LogP contribution in [0.2, 0.25) is 5.02 Å². The molecule has 1 atom stereocenters. The third kappa shape index (κ3) is 3.89. The first kappa shape index (κ1) is 14.8. The molecule has 1 amide bonds. The number of alkyl halides is 3. The number of carbonyl (C=O) groups is 1. The summed E-state index contributed by atoms with van der Waals surface area (Å²) >= 11 is 5.57.